The molecular formula is C16H23ClN4O3. The van der Waals surface area contributed by atoms with Crippen LogP contribution in [-0.4, -0.2) is 35.7 Å². The van der Waals surface area contributed by atoms with E-state index in [9.17, 15) is 4.79 Å². The summed E-state index contributed by atoms with van der Waals surface area (Å²) in [4.78, 5) is 16.0. The molecule has 132 valence electrons. The molecule has 0 aliphatic heterocycles. The van der Waals surface area contributed by atoms with Gasteiger partial charge in [-0.15, -0.1) is 12.4 Å². The van der Waals surface area contributed by atoms with E-state index >= 15 is 0 Å². The van der Waals surface area contributed by atoms with Crippen molar-refractivity contribution in [3.63, 3.8) is 0 Å². The molecule has 2 aromatic rings. The number of aromatic nitrogens is 2. The van der Waals surface area contributed by atoms with Gasteiger partial charge in [0.2, 0.25) is 17.6 Å². The zero-order chi connectivity index (χ0) is 16.7. The lowest BCUT2D eigenvalue weighted by Crippen LogP contribution is -2.29. The molecule has 0 bridgehead atoms. The van der Waals surface area contributed by atoms with Crippen LogP contribution in [0, 0.1) is 0 Å². The fourth-order valence-corrected chi connectivity index (χ4v) is 1.96. The highest BCUT2D eigenvalue weighted by molar-refractivity contribution is 5.85. The first-order chi connectivity index (χ1) is 11.1. The summed E-state index contributed by atoms with van der Waals surface area (Å²) in [7, 11) is 1.61. The summed E-state index contributed by atoms with van der Waals surface area (Å²) in [6, 6.07) is 7.45. The number of rotatable bonds is 8. The van der Waals surface area contributed by atoms with Gasteiger partial charge in [-0.3, -0.25) is 4.79 Å². The maximum atomic E-state index is 11.7. The van der Waals surface area contributed by atoms with Gasteiger partial charge in [-0.05, 0) is 37.6 Å². The number of benzene rings is 1. The highest BCUT2D eigenvalue weighted by Gasteiger charge is 2.10. The van der Waals surface area contributed by atoms with Crippen molar-refractivity contribution in [1.29, 1.82) is 0 Å². The van der Waals surface area contributed by atoms with E-state index < -0.39 is 0 Å². The summed E-state index contributed by atoms with van der Waals surface area (Å²) < 4.78 is 10.3. The van der Waals surface area contributed by atoms with Crippen LogP contribution in [0.2, 0.25) is 0 Å². The largest absolute Gasteiger partial charge is 0.497 e. The quantitative estimate of drug-likeness (QED) is 0.751. The summed E-state index contributed by atoms with van der Waals surface area (Å²) in [5.41, 5.74) is 6.46. The Morgan fingerprint density at radius 1 is 1.38 bits per heavy atom. The van der Waals surface area contributed by atoms with E-state index in [1.165, 1.54) is 0 Å². The number of nitrogens with one attached hydrogen (secondary N) is 1. The third-order valence-electron chi connectivity index (χ3n) is 3.30. The van der Waals surface area contributed by atoms with Gasteiger partial charge in [0.25, 0.3) is 0 Å². The van der Waals surface area contributed by atoms with Crippen LogP contribution in [0.5, 0.6) is 5.75 Å². The Bertz CT molecular complexity index is 629. The van der Waals surface area contributed by atoms with Crippen molar-refractivity contribution < 1.29 is 14.1 Å². The topological polar surface area (TPSA) is 103 Å². The zero-order valence-corrected chi connectivity index (χ0v) is 14.6. The summed E-state index contributed by atoms with van der Waals surface area (Å²) in [6.07, 6.45) is 1.48. The molecule has 1 unspecified atom stereocenters. The van der Waals surface area contributed by atoms with Crippen LogP contribution in [0.4, 0.5) is 0 Å². The van der Waals surface area contributed by atoms with E-state index in [-0.39, 0.29) is 24.4 Å². The lowest BCUT2D eigenvalue weighted by molar-refractivity contribution is -0.121. The lowest BCUT2D eigenvalue weighted by atomic mass is 10.2. The maximum Gasteiger partial charge on any atom is 0.227 e. The van der Waals surface area contributed by atoms with Gasteiger partial charge in [-0.25, -0.2) is 0 Å². The Morgan fingerprint density at radius 3 is 2.71 bits per heavy atom. The van der Waals surface area contributed by atoms with Crippen LogP contribution >= 0.6 is 12.4 Å². The molecule has 0 saturated heterocycles. The molecule has 0 spiro atoms. The molecule has 0 saturated carbocycles. The Hall–Kier alpha value is -2.12. The number of aryl methyl sites for hydroxylation is 1. The van der Waals surface area contributed by atoms with Crippen LogP contribution in [0.1, 0.15) is 25.7 Å². The monoisotopic (exact) mass is 354 g/mol. The van der Waals surface area contributed by atoms with Crippen molar-refractivity contribution in [2.24, 2.45) is 5.73 Å². The number of halogens is 1. The van der Waals surface area contributed by atoms with Crippen molar-refractivity contribution in [1.82, 2.24) is 15.5 Å². The van der Waals surface area contributed by atoms with Crippen molar-refractivity contribution in [2.75, 3.05) is 13.7 Å². The van der Waals surface area contributed by atoms with E-state index in [1.807, 2.05) is 31.2 Å². The summed E-state index contributed by atoms with van der Waals surface area (Å²) in [6.45, 7) is 2.49. The van der Waals surface area contributed by atoms with Gasteiger partial charge in [0.05, 0.1) is 7.11 Å². The predicted octanol–water partition coefficient (Wildman–Crippen LogP) is 1.95. The molecule has 1 aromatic heterocycles. The molecular weight excluding hydrogens is 332 g/mol. The first kappa shape index (κ1) is 19.9. The molecule has 7 nitrogen and oxygen atoms in total. The normalized spacial score (nSPS) is 11.5. The number of hydrogen-bond donors (Lipinski definition) is 2. The Morgan fingerprint density at radius 2 is 2.08 bits per heavy atom. The highest BCUT2D eigenvalue weighted by atomic mass is 35.5. The first-order valence-electron chi connectivity index (χ1n) is 7.57. The zero-order valence-electron chi connectivity index (χ0n) is 13.8. The second kappa shape index (κ2) is 9.89. The first-order valence-corrected chi connectivity index (χ1v) is 7.57. The number of carbonyl (C=O) groups is 1. The minimum Gasteiger partial charge on any atom is -0.497 e. The van der Waals surface area contributed by atoms with Crippen LogP contribution in [-0.2, 0) is 11.2 Å². The fraction of sp³-hybridized carbons (Fsp3) is 0.438. The average Bonchev–Trinajstić information content (AvgIpc) is 3.01. The third kappa shape index (κ3) is 6.17. The molecule has 1 aromatic carbocycles. The summed E-state index contributed by atoms with van der Waals surface area (Å²) in [5, 5.41) is 6.74. The Balaban J connectivity index is 0.00000288. The van der Waals surface area contributed by atoms with E-state index in [0.29, 0.717) is 31.1 Å². The molecule has 0 aliphatic carbocycles. The van der Waals surface area contributed by atoms with Crippen LogP contribution in [0.25, 0.3) is 11.4 Å². The summed E-state index contributed by atoms with van der Waals surface area (Å²) >= 11 is 0. The second-order valence-corrected chi connectivity index (χ2v) is 5.36. The minimum atomic E-state index is -0.0464. The molecule has 1 atom stereocenters. The molecule has 1 amide bonds. The minimum absolute atomic E-state index is 0. The van der Waals surface area contributed by atoms with Crippen molar-refractivity contribution in [2.45, 2.75) is 32.2 Å². The van der Waals surface area contributed by atoms with Gasteiger partial charge in [0.15, 0.2) is 0 Å². The number of ether oxygens (including phenoxy) is 1. The highest BCUT2D eigenvalue weighted by Crippen LogP contribution is 2.19. The molecule has 0 radical (unpaired) electrons. The smallest absolute Gasteiger partial charge is 0.227 e. The van der Waals surface area contributed by atoms with Crippen LogP contribution < -0.4 is 15.8 Å². The molecule has 8 heteroatoms. The van der Waals surface area contributed by atoms with Gasteiger partial charge in [0, 0.05) is 31.0 Å². The molecule has 1 heterocycles. The standard InChI is InChI=1S/C16H22N4O3.ClH/c1-11(17)9-10-18-14(21)7-8-15-19-16(20-23-15)12-3-5-13(22-2)6-4-12;/h3-6,11H,7-10,17H2,1-2H3,(H,18,21);1H. The van der Waals surface area contributed by atoms with E-state index in [2.05, 4.69) is 15.5 Å². The number of nitrogens with zero attached hydrogens (tertiary/aromatic N) is 2. The molecule has 2 rings (SSSR count). The van der Waals surface area contributed by atoms with Crippen molar-refractivity contribution in [3.05, 3.63) is 30.2 Å². The lowest BCUT2D eigenvalue weighted by Gasteiger charge is -2.06. The number of carbonyl (C=O) groups excluding carboxylic acids is 1. The number of methoxy groups -OCH3 is 1. The number of hydrogen-bond acceptors (Lipinski definition) is 6. The van der Waals surface area contributed by atoms with E-state index in [1.54, 1.807) is 7.11 Å². The van der Waals surface area contributed by atoms with Gasteiger partial charge in [0.1, 0.15) is 5.75 Å². The number of amides is 1. The molecule has 0 fully saturated rings. The van der Waals surface area contributed by atoms with Crippen molar-refractivity contribution in [3.8, 4) is 17.1 Å². The van der Waals surface area contributed by atoms with Gasteiger partial charge < -0.3 is 20.3 Å². The van der Waals surface area contributed by atoms with Crippen LogP contribution in [0.3, 0.4) is 0 Å². The summed E-state index contributed by atoms with van der Waals surface area (Å²) in [5.74, 6) is 1.66. The Kier molecular flexibility index (Phi) is 8.21. The van der Waals surface area contributed by atoms with Gasteiger partial charge in [-0.1, -0.05) is 5.16 Å². The SMILES string of the molecule is COc1ccc(-c2noc(CCC(=O)NCCC(C)N)n2)cc1.Cl. The Labute approximate surface area is 147 Å². The second-order valence-electron chi connectivity index (χ2n) is 5.36. The maximum absolute atomic E-state index is 11.7. The predicted molar refractivity (Wildman–Crippen MR) is 93.1 cm³/mol. The average molecular weight is 355 g/mol. The van der Waals surface area contributed by atoms with Crippen LogP contribution in [0.15, 0.2) is 28.8 Å². The number of nitrogens with two attached hydrogens (primary N) is 1. The fourth-order valence-electron chi connectivity index (χ4n) is 1.96. The van der Waals surface area contributed by atoms with Crippen molar-refractivity contribution >= 4 is 18.3 Å². The molecule has 24 heavy (non-hydrogen) atoms. The van der Waals surface area contributed by atoms with Gasteiger partial charge in [-0.2, -0.15) is 4.98 Å². The molecule has 3 N–H and O–H groups in total. The van der Waals surface area contributed by atoms with E-state index in [4.69, 9.17) is 15.0 Å². The van der Waals surface area contributed by atoms with Gasteiger partial charge >= 0.3 is 0 Å². The van der Waals surface area contributed by atoms with E-state index in [0.717, 1.165) is 17.7 Å². The third-order valence-corrected chi connectivity index (χ3v) is 3.30. The molecule has 0 aliphatic rings.